The zero-order chi connectivity index (χ0) is 21.8. The lowest BCUT2D eigenvalue weighted by atomic mass is 9.99. The summed E-state index contributed by atoms with van der Waals surface area (Å²) in [6.07, 6.45) is 2.03. The highest BCUT2D eigenvalue weighted by Crippen LogP contribution is 2.28. The standard InChI is InChI=1S/C22H29N3O5/c1-14-21(26)24(2)10-9-16-6-8-19(28-4)20(30-16)13-29-18-7-5-15(12-23)11-17(18)22(27)25(14)3/h5,7,11,14,16,19-20H,6,8-10,13H2,1-4H3/t14-,16+,19-,20+/m1/s1. The number of fused-ring (bicyclic) bond motifs is 3. The number of carbonyl (C=O) groups is 2. The monoisotopic (exact) mass is 415 g/mol. The highest BCUT2D eigenvalue weighted by atomic mass is 16.6. The minimum absolute atomic E-state index is 0.0123. The lowest BCUT2D eigenvalue weighted by Gasteiger charge is -2.37. The van der Waals surface area contributed by atoms with Gasteiger partial charge >= 0.3 is 0 Å². The topological polar surface area (TPSA) is 92.1 Å². The molecule has 8 heteroatoms. The summed E-state index contributed by atoms with van der Waals surface area (Å²) < 4.78 is 17.8. The van der Waals surface area contributed by atoms with Gasteiger partial charge in [-0.25, -0.2) is 0 Å². The Morgan fingerprint density at radius 2 is 1.97 bits per heavy atom. The third-order valence-electron chi connectivity index (χ3n) is 6.02. The number of methoxy groups -OCH3 is 1. The number of carbonyl (C=O) groups excluding carboxylic acids is 2. The zero-order valence-corrected chi connectivity index (χ0v) is 18.0. The molecule has 1 fully saturated rings. The summed E-state index contributed by atoms with van der Waals surface area (Å²) in [5.74, 6) is -0.167. The maximum Gasteiger partial charge on any atom is 0.258 e. The van der Waals surface area contributed by atoms with Crippen molar-refractivity contribution in [3.8, 4) is 11.8 Å². The Kier molecular flexibility index (Phi) is 6.95. The third kappa shape index (κ3) is 4.58. The van der Waals surface area contributed by atoms with Crippen LogP contribution in [0.1, 0.15) is 42.1 Å². The molecule has 0 aliphatic carbocycles. The molecule has 8 nitrogen and oxygen atoms in total. The highest BCUT2D eigenvalue weighted by molar-refractivity contribution is 5.99. The number of hydrogen-bond acceptors (Lipinski definition) is 6. The molecule has 162 valence electrons. The Morgan fingerprint density at radius 1 is 1.20 bits per heavy atom. The van der Waals surface area contributed by atoms with E-state index >= 15 is 0 Å². The van der Waals surface area contributed by atoms with E-state index in [0.29, 0.717) is 24.3 Å². The molecule has 0 saturated carbocycles. The minimum atomic E-state index is -0.651. The minimum Gasteiger partial charge on any atom is -0.490 e. The van der Waals surface area contributed by atoms with Crippen molar-refractivity contribution in [3.05, 3.63) is 29.3 Å². The number of likely N-dealkylation sites (N-methyl/N-ethyl adjacent to an activating group) is 2. The lowest BCUT2D eigenvalue weighted by molar-refractivity contribution is -0.146. The summed E-state index contributed by atoms with van der Waals surface area (Å²) in [7, 11) is 4.98. The number of benzene rings is 1. The van der Waals surface area contributed by atoms with E-state index in [9.17, 15) is 14.9 Å². The molecule has 3 rings (SSSR count). The maximum atomic E-state index is 13.2. The van der Waals surface area contributed by atoms with Crippen LogP contribution in [0.2, 0.25) is 0 Å². The number of amides is 2. The van der Waals surface area contributed by atoms with Gasteiger partial charge in [0.2, 0.25) is 5.91 Å². The van der Waals surface area contributed by atoms with Gasteiger partial charge in [-0.15, -0.1) is 0 Å². The summed E-state index contributed by atoms with van der Waals surface area (Å²) in [4.78, 5) is 29.1. The third-order valence-corrected chi connectivity index (χ3v) is 6.02. The van der Waals surface area contributed by atoms with Gasteiger partial charge in [0, 0.05) is 27.7 Å². The molecule has 1 saturated heterocycles. The van der Waals surface area contributed by atoms with E-state index in [-0.39, 0.29) is 42.3 Å². The summed E-state index contributed by atoms with van der Waals surface area (Å²) >= 11 is 0. The van der Waals surface area contributed by atoms with E-state index in [2.05, 4.69) is 0 Å². The first-order chi connectivity index (χ1) is 14.3. The van der Waals surface area contributed by atoms with Gasteiger partial charge in [0.25, 0.3) is 5.91 Å². The zero-order valence-electron chi connectivity index (χ0n) is 18.0. The van der Waals surface area contributed by atoms with E-state index in [1.807, 2.05) is 6.07 Å². The van der Waals surface area contributed by atoms with E-state index in [1.165, 1.54) is 11.0 Å². The van der Waals surface area contributed by atoms with Crippen molar-refractivity contribution in [2.75, 3.05) is 34.4 Å². The van der Waals surface area contributed by atoms with Gasteiger partial charge in [-0.2, -0.15) is 5.26 Å². The number of ether oxygens (including phenoxy) is 3. The summed E-state index contributed by atoms with van der Waals surface area (Å²) in [5.41, 5.74) is 0.595. The van der Waals surface area contributed by atoms with Crippen molar-refractivity contribution < 1.29 is 23.8 Å². The van der Waals surface area contributed by atoms with Gasteiger partial charge in [0.15, 0.2) is 0 Å². The van der Waals surface area contributed by atoms with Gasteiger partial charge < -0.3 is 24.0 Å². The molecule has 4 atom stereocenters. The fourth-order valence-corrected chi connectivity index (χ4v) is 3.93. The van der Waals surface area contributed by atoms with Crippen molar-refractivity contribution in [3.63, 3.8) is 0 Å². The average Bonchev–Trinajstić information content (AvgIpc) is 2.78. The van der Waals surface area contributed by atoms with Gasteiger partial charge in [-0.3, -0.25) is 9.59 Å². The quantitative estimate of drug-likeness (QED) is 0.695. The number of nitrogens with zero attached hydrogens (tertiary/aromatic N) is 3. The van der Waals surface area contributed by atoms with Crippen molar-refractivity contribution in [1.82, 2.24) is 9.80 Å². The SMILES string of the molecule is CO[C@@H]1CC[C@H]2CCN(C)C(=O)[C@@H](C)N(C)C(=O)c3cc(C#N)ccc3OC[C@@H]1O2. The second-order valence-electron chi connectivity index (χ2n) is 7.92. The van der Waals surface area contributed by atoms with E-state index in [4.69, 9.17) is 14.2 Å². The molecular formula is C22H29N3O5. The first kappa shape index (κ1) is 22.1. The van der Waals surface area contributed by atoms with Crippen molar-refractivity contribution >= 4 is 11.8 Å². The molecule has 1 aromatic rings. The average molecular weight is 415 g/mol. The molecule has 2 heterocycles. The van der Waals surface area contributed by atoms with Gasteiger partial charge in [-0.05, 0) is 44.4 Å². The van der Waals surface area contributed by atoms with Crippen molar-refractivity contribution in [2.24, 2.45) is 0 Å². The molecule has 0 aromatic heterocycles. The molecule has 2 amide bonds. The van der Waals surface area contributed by atoms with Crippen molar-refractivity contribution in [1.29, 1.82) is 5.26 Å². The molecule has 2 aliphatic rings. The fourth-order valence-electron chi connectivity index (χ4n) is 3.93. The van der Waals surface area contributed by atoms with Crippen molar-refractivity contribution in [2.45, 2.75) is 50.5 Å². The molecule has 0 spiro atoms. The Morgan fingerprint density at radius 3 is 2.67 bits per heavy atom. The number of hydrogen-bond donors (Lipinski definition) is 0. The van der Waals surface area contributed by atoms with Crippen LogP contribution in [0.3, 0.4) is 0 Å². The first-order valence-electron chi connectivity index (χ1n) is 10.2. The van der Waals surface area contributed by atoms with Crippen LogP contribution in [0, 0.1) is 11.3 Å². The Bertz CT molecular complexity index is 837. The largest absolute Gasteiger partial charge is 0.490 e. The molecular weight excluding hydrogens is 386 g/mol. The van der Waals surface area contributed by atoms with Crippen LogP contribution in [0.4, 0.5) is 0 Å². The van der Waals surface area contributed by atoms with Crippen LogP contribution in [-0.2, 0) is 14.3 Å². The molecule has 2 aliphatic heterocycles. The van der Waals surface area contributed by atoms with Crippen LogP contribution in [0.5, 0.6) is 5.75 Å². The van der Waals surface area contributed by atoms with E-state index < -0.39 is 6.04 Å². The second-order valence-corrected chi connectivity index (χ2v) is 7.92. The number of nitriles is 1. The molecule has 2 bridgehead atoms. The molecule has 0 radical (unpaired) electrons. The normalized spacial score (nSPS) is 28.2. The Labute approximate surface area is 177 Å². The van der Waals surface area contributed by atoms with Gasteiger partial charge in [0.05, 0.1) is 29.4 Å². The van der Waals surface area contributed by atoms with Crippen LogP contribution in [-0.4, -0.2) is 80.3 Å². The lowest BCUT2D eigenvalue weighted by Crippen LogP contribution is -2.48. The predicted octanol–water partition coefficient (Wildman–Crippen LogP) is 1.82. The molecule has 0 N–H and O–H groups in total. The fraction of sp³-hybridized carbons (Fsp3) is 0.591. The second kappa shape index (κ2) is 9.45. The van der Waals surface area contributed by atoms with Crippen LogP contribution in [0.15, 0.2) is 18.2 Å². The molecule has 1 aromatic carbocycles. The summed E-state index contributed by atoms with van der Waals surface area (Å²) in [6, 6.07) is 6.12. The maximum absolute atomic E-state index is 13.2. The number of rotatable bonds is 1. The Balaban J connectivity index is 1.98. The Hall–Kier alpha value is -2.63. The smallest absolute Gasteiger partial charge is 0.258 e. The van der Waals surface area contributed by atoms with Crippen LogP contribution >= 0.6 is 0 Å². The molecule has 0 unspecified atom stereocenters. The van der Waals surface area contributed by atoms with E-state index in [1.54, 1.807) is 45.2 Å². The highest BCUT2D eigenvalue weighted by Gasteiger charge is 2.34. The summed E-state index contributed by atoms with van der Waals surface area (Å²) in [5, 5.41) is 9.27. The van der Waals surface area contributed by atoms with Crippen LogP contribution in [0.25, 0.3) is 0 Å². The first-order valence-corrected chi connectivity index (χ1v) is 10.2. The van der Waals surface area contributed by atoms with Gasteiger partial charge in [-0.1, -0.05) is 0 Å². The predicted molar refractivity (Wildman–Crippen MR) is 109 cm³/mol. The van der Waals surface area contributed by atoms with Crippen LogP contribution < -0.4 is 4.74 Å². The molecule has 30 heavy (non-hydrogen) atoms. The van der Waals surface area contributed by atoms with Gasteiger partial charge in [0.1, 0.15) is 24.5 Å². The summed E-state index contributed by atoms with van der Waals surface area (Å²) in [6.45, 7) is 2.47. The van der Waals surface area contributed by atoms with E-state index in [0.717, 1.165) is 12.8 Å².